The fourth-order valence-electron chi connectivity index (χ4n) is 3.15. The van der Waals surface area contributed by atoms with Crippen LogP contribution in [-0.2, 0) is 24.3 Å². The van der Waals surface area contributed by atoms with Gasteiger partial charge in [-0.15, -0.1) is 0 Å². The van der Waals surface area contributed by atoms with Crippen LogP contribution >= 0.6 is 0 Å². The second-order valence-electron chi connectivity index (χ2n) is 6.67. The Labute approximate surface area is 168 Å². The summed E-state index contributed by atoms with van der Waals surface area (Å²) in [6.07, 6.45) is 1.81. The van der Waals surface area contributed by atoms with Gasteiger partial charge in [0.25, 0.3) is 5.69 Å². The maximum absolute atomic E-state index is 10.7. The normalized spacial score (nSPS) is 16.2. The summed E-state index contributed by atoms with van der Waals surface area (Å²) in [5, 5.41) is 25.1. The molecule has 0 bridgehead atoms. The number of fused-ring (bicyclic) bond motifs is 1. The van der Waals surface area contributed by atoms with Crippen molar-refractivity contribution in [1.82, 2.24) is 25.4 Å². The molecule has 0 saturated heterocycles. The molecule has 1 atom stereocenters. The van der Waals surface area contributed by atoms with E-state index in [2.05, 4.69) is 31.0 Å². The van der Waals surface area contributed by atoms with E-state index in [1.165, 1.54) is 12.1 Å². The SMILES string of the molecule is CN=C(NCCNc1ccc([N+](=O)[O-])cc1)NC1CCc2nc(COC)nn2C1. The highest BCUT2D eigenvalue weighted by atomic mass is 16.6. The van der Waals surface area contributed by atoms with Gasteiger partial charge in [0.05, 0.1) is 11.5 Å². The lowest BCUT2D eigenvalue weighted by atomic mass is 10.1. The molecule has 11 nitrogen and oxygen atoms in total. The first-order valence-corrected chi connectivity index (χ1v) is 9.46. The number of aliphatic imine (C=N–C) groups is 1. The van der Waals surface area contributed by atoms with Gasteiger partial charge in [-0.2, -0.15) is 5.10 Å². The number of benzene rings is 1. The lowest BCUT2D eigenvalue weighted by Crippen LogP contribution is -2.47. The van der Waals surface area contributed by atoms with Crippen LogP contribution in [0.15, 0.2) is 29.3 Å². The molecule has 2 heterocycles. The number of nitro groups is 1. The number of nitro benzene ring substituents is 1. The second kappa shape index (κ2) is 9.82. The third-order valence-electron chi connectivity index (χ3n) is 4.56. The zero-order valence-electron chi connectivity index (χ0n) is 16.6. The molecule has 156 valence electrons. The fraction of sp³-hybridized carbons (Fsp3) is 0.500. The van der Waals surface area contributed by atoms with Gasteiger partial charge in [-0.3, -0.25) is 15.1 Å². The van der Waals surface area contributed by atoms with Gasteiger partial charge in [-0.1, -0.05) is 0 Å². The number of ether oxygens (including phenoxy) is 1. The summed E-state index contributed by atoms with van der Waals surface area (Å²) in [7, 11) is 3.37. The van der Waals surface area contributed by atoms with Gasteiger partial charge >= 0.3 is 0 Å². The summed E-state index contributed by atoms with van der Waals surface area (Å²) in [5.74, 6) is 2.43. The van der Waals surface area contributed by atoms with Crippen molar-refractivity contribution in [2.24, 2.45) is 4.99 Å². The molecule has 1 aromatic heterocycles. The summed E-state index contributed by atoms with van der Waals surface area (Å²) in [6.45, 7) is 2.45. The van der Waals surface area contributed by atoms with Crippen LogP contribution in [0.25, 0.3) is 0 Å². The summed E-state index contributed by atoms with van der Waals surface area (Å²) < 4.78 is 7.03. The van der Waals surface area contributed by atoms with Gasteiger partial charge < -0.3 is 20.7 Å². The standard InChI is InChI=1S/C18H26N8O3/c1-19-18(21-10-9-20-13-3-6-15(7-4-13)26(27)28)22-14-5-8-17-23-16(12-29-2)24-25(17)11-14/h3-4,6-7,14,20H,5,8-12H2,1-2H3,(H2,19,21,22). The fourth-order valence-corrected chi connectivity index (χ4v) is 3.15. The number of hydrogen-bond acceptors (Lipinski definition) is 7. The lowest BCUT2D eigenvalue weighted by molar-refractivity contribution is -0.384. The molecule has 1 aliphatic rings. The molecule has 29 heavy (non-hydrogen) atoms. The van der Waals surface area contributed by atoms with Crippen LogP contribution in [0, 0.1) is 10.1 Å². The molecule has 0 amide bonds. The largest absolute Gasteiger partial charge is 0.383 e. The quantitative estimate of drug-likeness (QED) is 0.195. The molecular formula is C18H26N8O3. The van der Waals surface area contributed by atoms with E-state index in [1.54, 1.807) is 26.3 Å². The van der Waals surface area contributed by atoms with E-state index in [0.717, 1.165) is 36.9 Å². The molecule has 3 rings (SSSR count). The van der Waals surface area contributed by atoms with Crippen molar-refractivity contribution in [1.29, 1.82) is 0 Å². The van der Waals surface area contributed by atoms with Crippen molar-refractivity contribution in [3.8, 4) is 0 Å². The number of aromatic nitrogens is 3. The summed E-state index contributed by atoms with van der Waals surface area (Å²) in [5.41, 5.74) is 0.911. The molecule has 0 fully saturated rings. The molecule has 11 heteroatoms. The number of guanidine groups is 1. The minimum atomic E-state index is -0.410. The topological polar surface area (TPSA) is 132 Å². The maximum atomic E-state index is 10.7. The highest BCUT2D eigenvalue weighted by Gasteiger charge is 2.22. The molecule has 0 spiro atoms. The Morgan fingerprint density at radius 3 is 2.86 bits per heavy atom. The minimum absolute atomic E-state index is 0.0793. The van der Waals surface area contributed by atoms with E-state index in [-0.39, 0.29) is 11.7 Å². The second-order valence-corrected chi connectivity index (χ2v) is 6.67. The van der Waals surface area contributed by atoms with E-state index in [0.29, 0.717) is 25.5 Å². The third-order valence-corrected chi connectivity index (χ3v) is 4.56. The summed E-state index contributed by atoms with van der Waals surface area (Å²) >= 11 is 0. The number of aryl methyl sites for hydroxylation is 1. The molecule has 1 unspecified atom stereocenters. The number of hydrogen-bond donors (Lipinski definition) is 3. The zero-order valence-corrected chi connectivity index (χ0v) is 16.6. The van der Waals surface area contributed by atoms with Crippen molar-refractivity contribution >= 4 is 17.3 Å². The first-order chi connectivity index (χ1) is 14.1. The van der Waals surface area contributed by atoms with Crippen molar-refractivity contribution in [3.63, 3.8) is 0 Å². The first kappa shape index (κ1) is 20.5. The lowest BCUT2D eigenvalue weighted by Gasteiger charge is -2.25. The van der Waals surface area contributed by atoms with Crippen LogP contribution < -0.4 is 16.0 Å². The van der Waals surface area contributed by atoms with Gasteiger partial charge in [0, 0.05) is 57.5 Å². The van der Waals surface area contributed by atoms with Crippen LogP contribution in [0.5, 0.6) is 0 Å². The Kier molecular flexibility index (Phi) is 6.95. The van der Waals surface area contributed by atoms with Gasteiger partial charge in [0.15, 0.2) is 11.8 Å². The smallest absolute Gasteiger partial charge is 0.269 e. The Hall–Kier alpha value is -3.21. The molecule has 1 aliphatic heterocycles. The van der Waals surface area contributed by atoms with Crippen molar-refractivity contribution < 1.29 is 9.66 Å². The van der Waals surface area contributed by atoms with Gasteiger partial charge in [-0.25, -0.2) is 9.67 Å². The van der Waals surface area contributed by atoms with Crippen LogP contribution in [0.4, 0.5) is 11.4 Å². The van der Waals surface area contributed by atoms with Crippen molar-refractivity contribution in [2.45, 2.75) is 32.0 Å². The monoisotopic (exact) mass is 402 g/mol. The van der Waals surface area contributed by atoms with Crippen molar-refractivity contribution in [3.05, 3.63) is 46.0 Å². The van der Waals surface area contributed by atoms with Crippen LogP contribution in [0.3, 0.4) is 0 Å². The van der Waals surface area contributed by atoms with Crippen LogP contribution in [-0.4, -0.2) is 58.9 Å². The third kappa shape index (κ3) is 5.64. The zero-order chi connectivity index (χ0) is 20.6. The number of rotatable bonds is 8. The van der Waals surface area contributed by atoms with E-state index in [4.69, 9.17) is 4.74 Å². The molecule has 0 saturated carbocycles. The van der Waals surface area contributed by atoms with Gasteiger partial charge in [0.1, 0.15) is 12.4 Å². The number of non-ortho nitro benzene ring substituents is 1. The highest BCUT2D eigenvalue weighted by Crippen LogP contribution is 2.15. The number of nitrogens with one attached hydrogen (secondary N) is 3. The molecule has 0 aliphatic carbocycles. The Balaban J connectivity index is 1.42. The Morgan fingerprint density at radius 2 is 2.17 bits per heavy atom. The van der Waals surface area contributed by atoms with Gasteiger partial charge in [-0.05, 0) is 18.6 Å². The average Bonchev–Trinajstić information content (AvgIpc) is 3.12. The van der Waals surface area contributed by atoms with Gasteiger partial charge in [0.2, 0.25) is 0 Å². The summed E-state index contributed by atoms with van der Waals surface area (Å²) in [4.78, 5) is 19.0. The van der Waals surface area contributed by atoms with E-state index >= 15 is 0 Å². The molecule has 2 aromatic rings. The Bertz CT molecular complexity index is 849. The molecule has 0 radical (unpaired) electrons. The van der Waals surface area contributed by atoms with E-state index in [1.807, 2.05) is 4.68 Å². The predicted molar refractivity (Wildman–Crippen MR) is 109 cm³/mol. The van der Waals surface area contributed by atoms with Crippen LogP contribution in [0.2, 0.25) is 0 Å². The van der Waals surface area contributed by atoms with Crippen molar-refractivity contribution in [2.75, 3.05) is 32.6 Å². The van der Waals surface area contributed by atoms with Crippen LogP contribution in [0.1, 0.15) is 18.1 Å². The number of nitrogens with zero attached hydrogens (tertiary/aromatic N) is 5. The number of methoxy groups -OCH3 is 1. The molecule has 3 N–H and O–H groups in total. The number of anilines is 1. The molecule has 1 aromatic carbocycles. The maximum Gasteiger partial charge on any atom is 0.269 e. The summed E-state index contributed by atoms with van der Waals surface area (Å²) in [6, 6.07) is 6.57. The minimum Gasteiger partial charge on any atom is -0.383 e. The van der Waals surface area contributed by atoms with E-state index in [9.17, 15) is 10.1 Å². The average molecular weight is 402 g/mol. The first-order valence-electron chi connectivity index (χ1n) is 9.46. The van der Waals surface area contributed by atoms with E-state index < -0.39 is 4.92 Å². The Morgan fingerprint density at radius 1 is 1.38 bits per heavy atom. The predicted octanol–water partition coefficient (Wildman–Crippen LogP) is 0.925. The molecular weight excluding hydrogens is 376 g/mol. The highest BCUT2D eigenvalue weighted by molar-refractivity contribution is 5.80.